The summed E-state index contributed by atoms with van der Waals surface area (Å²) in [7, 11) is 0. The van der Waals surface area contributed by atoms with Crippen molar-refractivity contribution in [2.75, 3.05) is 13.2 Å². The van der Waals surface area contributed by atoms with Gasteiger partial charge in [0.05, 0.1) is 18.1 Å². The van der Waals surface area contributed by atoms with Crippen LogP contribution in [0.2, 0.25) is 0 Å². The molecule has 160 valence electrons. The monoisotopic (exact) mass is 411 g/mol. The molecule has 0 spiro atoms. The lowest BCUT2D eigenvalue weighted by Gasteiger charge is -2.41. The fourth-order valence-electron chi connectivity index (χ4n) is 4.43. The molecule has 0 amide bonds. The predicted octanol–water partition coefficient (Wildman–Crippen LogP) is 4.34. The lowest BCUT2D eigenvalue weighted by atomic mass is 9.63. The number of ether oxygens (including phenoxy) is 2. The van der Waals surface area contributed by atoms with E-state index < -0.39 is 17.8 Å². The highest BCUT2D eigenvalue weighted by Gasteiger charge is 2.47. The fraction of sp³-hybridized carbons (Fsp3) is 0.458. The second-order valence-corrected chi connectivity index (χ2v) is 8.59. The third-order valence-corrected chi connectivity index (χ3v) is 5.56. The molecule has 1 aromatic carbocycles. The highest BCUT2D eigenvalue weighted by atomic mass is 16.5. The van der Waals surface area contributed by atoms with Gasteiger partial charge < -0.3 is 14.6 Å². The van der Waals surface area contributed by atoms with Gasteiger partial charge in [-0.15, -0.1) is 0 Å². The third-order valence-electron chi connectivity index (χ3n) is 5.56. The van der Waals surface area contributed by atoms with Crippen LogP contribution in [0.15, 0.2) is 47.1 Å². The fourth-order valence-corrected chi connectivity index (χ4v) is 4.43. The number of hydrogen-bond donors (Lipinski definition) is 1. The van der Waals surface area contributed by atoms with E-state index in [9.17, 15) is 14.7 Å². The van der Waals surface area contributed by atoms with Gasteiger partial charge >= 0.3 is 5.97 Å². The number of aromatic hydroxyl groups is 1. The molecule has 1 heterocycles. The zero-order chi connectivity index (χ0) is 22.1. The van der Waals surface area contributed by atoms with Gasteiger partial charge in [0.1, 0.15) is 12.4 Å². The Balaban J connectivity index is 2.16. The first kappa shape index (κ1) is 21.8. The molecule has 1 saturated carbocycles. The first-order chi connectivity index (χ1) is 14.2. The molecule has 6 nitrogen and oxygen atoms in total. The summed E-state index contributed by atoms with van der Waals surface area (Å²) in [6.07, 6.45) is 2.60. The van der Waals surface area contributed by atoms with Crippen LogP contribution in [0.5, 0.6) is 11.5 Å². The molecule has 1 unspecified atom stereocenters. The number of carbonyl (C=O) groups is 2. The number of phenols is 1. The van der Waals surface area contributed by atoms with E-state index in [-0.39, 0.29) is 23.6 Å². The highest BCUT2D eigenvalue weighted by molar-refractivity contribution is 6.12. The maximum absolute atomic E-state index is 13.2. The van der Waals surface area contributed by atoms with Gasteiger partial charge in [-0.25, -0.2) is 4.79 Å². The molecule has 0 radical (unpaired) electrons. The van der Waals surface area contributed by atoms with Crippen molar-refractivity contribution in [1.82, 2.24) is 0 Å². The van der Waals surface area contributed by atoms with Crippen LogP contribution < -0.4 is 4.74 Å². The molecule has 6 heteroatoms. The van der Waals surface area contributed by atoms with Crippen molar-refractivity contribution in [3.05, 3.63) is 47.7 Å². The summed E-state index contributed by atoms with van der Waals surface area (Å²) < 4.78 is 10.9. The van der Waals surface area contributed by atoms with Gasteiger partial charge in [0, 0.05) is 23.7 Å². The largest absolute Gasteiger partial charge is 0.504 e. The SMILES string of the molecule is C=CCOC(=O)C1=C(C)N=C2CC(C)(C)CC(=O)C2[C@H]1c1ccc(O)c(OCC)c1. The first-order valence-electron chi connectivity index (χ1n) is 10.2. The minimum absolute atomic E-state index is 0.0119. The Labute approximate surface area is 177 Å². The Bertz CT molecular complexity index is 941. The Morgan fingerprint density at radius 3 is 2.73 bits per heavy atom. The molecule has 1 aliphatic heterocycles. The molecular weight excluding hydrogens is 382 g/mol. The quantitative estimate of drug-likeness (QED) is 0.556. The van der Waals surface area contributed by atoms with E-state index in [2.05, 4.69) is 25.4 Å². The molecule has 1 N–H and O–H groups in total. The average molecular weight is 411 g/mol. The molecule has 2 aliphatic rings. The van der Waals surface area contributed by atoms with E-state index in [1.165, 1.54) is 12.1 Å². The second kappa shape index (κ2) is 8.46. The lowest BCUT2D eigenvalue weighted by molar-refractivity contribution is -0.138. The van der Waals surface area contributed by atoms with Gasteiger partial charge in [-0.2, -0.15) is 0 Å². The van der Waals surface area contributed by atoms with Crippen molar-refractivity contribution in [3.63, 3.8) is 0 Å². The van der Waals surface area contributed by atoms with Gasteiger partial charge in [-0.1, -0.05) is 32.6 Å². The summed E-state index contributed by atoms with van der Waals surface area (Å²) in [5.41, 5.74) is 2.25. The Morgan fingerprint density at radius 2 is 2.07 bits per heavy atom. The van der Waals surface area contributed by atoms with Gasteiger partial charge in [-0.05, 0) is 43.4 Å². The van der Waals surface area contributed by atoms with E-state index >= 15 is 0 Å². The van der Waals surface area contributed by atoms with E-state index in [1.54, 1.807) is 19.1 Å². The predicted molar refractivity (Wildman–Crippen MR) is 115 cm³/mol. The summed E-state index contributed by atoms with van der Waals surface area (Å²) in [5.74, 6) is -1.20. The first-order valence-corrected chi connectivity index (χ1v) is 10.2. The van der Waals surface area contributed by atoms with Crippen molar-refractivity contribution in [2.45, 2.75) is 46.5 Å². The van der Waals surface area contributed by atoms with Crippen LogP contribution in [-0.4, -0.2) is 35.8 Å². The number of fused-ring (bicyclic) bond motifs is 1. The molecule has 0 aromatic heterocycles. The summed E-state index contributed by atoms with van der Waals surface area (Å²) in [5, 5.41) is 10.1. The van der Waals surface area contributed by atoms with Crippen molar-refractivity contribution in [3.8, 4) is 11.5 Å². The van der Waals surface area contributed by atoms with E-state index in [0.29, 0.717) is 42.0 Å². The van der Waals surface area contributed by atoms with Crippen molar-refractivity contribution >= 4 is 17.5 Å². The summed E-state index contributed by atoms with van der Waals surface area (Å²) in [4.78, 5) is 30.9. The second-order valence-electron chi connectivity index (χ2n) is 8.59. The summed E-state index contributed by atoms with van der Waals surface area (Å²) >= 11 is 0. The molecule has 1 fully saturated rings. The van der Waals surface area contributed by atoms with Gasteiger partial charge in [0.25, 0.3) is 0 Å². The number of carbonyl (C=O) groups excluding carboxylic acids is 2. The Kier molecular flexibility index (Phi) is 6.15. The van der Waals surface area contributed by atoms with Crippen molar-refractivity contribution in [2.24, 2.45) is 16.3 Å². The van der Waals surface area contributed by atoms with Crippen LogP contribution in [-0.2, 0) is 14.3 Å². The topological polar surface area (TPSA) is 85.2 Å². The summed E-state index contributed by atoms with van der Waals surface area (Å²) in [6.45, 7) is 11.8. The van der Waals surface area contributed by atoms with Crippen LogP contribution in [0.25, 0.3) is 0 Å². The average Bonchev–Trinajstić information content (AvgIpc) is 2.66. The molecular formula is C24H29NO5. The zero-order valence-corrected chi connectivity index (χ0v) is 18.0. The van der Waals surface area contributed by atoms with Gasteiger partial charge in [0.2, 0.25) is 0 Å². The van der Waals surface area contributed by atoms with Gasteiger partial charge in [0.15, 0.2) is 11.5 Å². The standard InChI is InChI=1S/C24H29NO5/c1-6-10-30-23(28)20-14(3)25-16-12-24(4,5)13-18(27)22(16)21(20)15-8-9-17(26)19(11-15)29-7-2/h6,8-9,11,21-22,26H,1,7,10,12-13H2,2-5H3/t21-,22?/m0/s1. The molecule has 2 atom stereocenters. The molecule has 30 heavy (non-hydrogen) atoms. The molecule has 3 rings (SSSR count). The molecule has 1 aliphatic carbocycles. The minimum atomic E-state index is -0.543. The number of aliphatic imine (C=N–C) groups is 1. The van der Waals surface area contributed by atoms with Crippen LogP contribution in [0.3, 0.4) is 0 Å². The lowest BCUT2D eigenvalue weighted by Crippen LogP contribution is -2.44. The number of rotatable bonds is 6. The van der Waals surface area contributed by atoms with E-state index in [4.69, 9.17) is 9.47 Å². The number of phenolic OH excluding ortho intramolecular Hbond substituents is 1. The van der Waals surface area contributed by atoms with Crippen molar-refractivity contribution < 1.29 is 24.2 Å². The number of allylic oxidation sites excluding steroid dienone is 1. The van der Waals surface area contributed by atoms with E-state index in [0.717, 1.165) is 5.71 Å². The van der Waals surface area contributed by atoms with Crippen LogP contribution >= 0.6 is 0 Å². The maximum Gasteiger partial charge on any atom is 0.336 e. The Hall–Kier alpha value is -2.89. The van der Waals surface area contributed by atoms with Crippen LogP contribution in [0, 0.1) is 11.3 Å². The molecule has 1 aromatic rings. The van der Waals surface area contributed by atoms with E-state index in [1.807, 2.05) is 6.92 Å². The normalized spacial score (nSPS) is 22.8. The molecule has 0 bridgehead atoms. The summed E-state index contributed by atoms with van der Waals surface area (Å²) in [6, 6.07) is 4.96. The number of ketones is 1. The third kappa shape index (κ3) is 4.18. The number of benzene rings is 1. The van der Waals surface area contributed by atoms with Crippen LogP contribution in [0.4, 0.5) is 0 Å². The number of Topliss-reactive ketones (excluding diaryl/α,β-unsaturated/α-hetero) is 1. The molecule has 0 saturated heterocycles. The van der Waals surface area contributed by atoms with Crippen molar-refractivity contribution in [1.29, 1.82) is 0 Å². The van der Waals surface area contributed by atoms with Crippen LogP contribution in [0.1, 0.15) is 52.0 Å². The van der Waals surface area contributed by atoms with Gasteiger partial charge in [-0.3, -0.25) is 9.79 Å². The minimum Gasteiger partial charge on any atom is -0.504 e. The number of nitrogens with zero attached hydrogens (tertiary/aromatic N) is 1. The number of hydrogen-bond acceptors (Lipinski definition) is 6. The smallest absolute Gasteiger partial charge is 0.336 e. The Morgan fingerprint density at radius 1 is 1.33 bits per heavy atom. The highest BCUT2D eigenvalue weighted by Crippen LogP contribution is 2.48. The zero-order valence-electron chi connectivity index (χ0n) is 18.0. The maximum atomic E-state index is 13.2. The number of esters is 1.